The van der Waals surface area contributed by atoms with Gasteiger partial charge in [-0.25, -0.2) is 4.98 Å². The molecule has 2 aromatic rings. The average Bonchev–Trinajstić information content (AvgIpc) is 2.88. The molecule has 1 aliphatic rings. The number of nitrogens with zero attached hydrogens (tertiary/aromatic N) is 2. The molecule has 0 amide bonds. The molecule has 0 spiro atoms. The van der Waals surface area contributed by atoms with Gasteiger partial charge in [0.1, 0.15) is 11.6 Å². The van der Waals surface area contributed by atoms with Gasteiger partial charge in [-0.1, -0.05) is 36.9 Å². The molecule has 1 fully saturated rings. The van der Waals surface area contributed by atoms with Gasteiger partial charge in [-0.05, 0) is 50.3 Å². The van der Waals surface area contributed by atoms with Gasteiger partial charge in [0.15, 0.2) is 0 Å². The predicted octanol–water partition coefficient (Wildman–Crippen LogP) is 5.16. The van der Waals surface area contributed by atoms with Crippen LogP contribution in [0.4, 0.5) is 0 Å². The molecule has 0 unspecified atom stereocenters. The van der Waals surface area contributed by atoms with Gasteiger partial charge in [0.05, 0.1) is 13.2 Å². The van der Waals surface area contributed by atoms with Crippen molar-refractivity contribution in [3.63, 3.8) is 0 Å². The predicted molar refractivity (Wildman–Crippen MR) is 94.3 cm³/mol. The van der Waals surface area contributed by atoms with E-state index in [4.69, 9.17) is 16.3 Å². The number of hydrogen-bond acceptors (Lipinski definition) is 2. The zero-order valence-corrected chi connectivity index (χ0v) is 14.8. The molecule has 0 bridgehead atoms. The standard InChI is InChI=1S/C19H25ClN2O/c1-14-11-21-15(2)22(14)12-17-8-9-18(10-19(17)20)23-13-16-6-4-3-5-7-16/h8-11,16H,3-7,12-13H2,1-2H3. The number of benzene rings is 1. The van der Waals surface area contributed by atoms with E-state index < -0.39 is 0 Å². The first kappa shape index (κ1) is 16.4. The largest absolute Gasteiger partial charge is 0.493 e. The van der Waals surface area contributed by atoms with E-state index in [2.05, 4.69) is 22.5 Å². The minimum Gasteiger partial charge on any atom is -0.493 e. The van der Waals surface area contributed by atoms with Gasteiger partial charge >= 0.3 is 0 Å². The first-order chi connectivity index (χ1) is 11.1. The van der Waals surface area contributed by atoms with Crippen molar-refractivity contribution in [1.82, 2.24) is 9.55 Å². The number of hydrogen-bond donors (Lipinski definition) is 0. The molecule has 1 aliphatic carbocycles. The first-order valence-corrected chi connectivity index (χ1v) is 8.91. The van der Waals surface area contributed by atoms with E-state index in [0.29, 0.717) is 5.92 Å². The van der Waals surface area contributed by atoms with Gasteiger partial charge in [0.25, 0.3) is 0 Å². The minimum absolute atomic E-state index is 0.707. The van der Waals surface area contributed by atoms with Gasteiger partial charge in [-0.2, -0.15) is 0 Å². The highest BCUT2D eigenvalue weighted by Gasteiger charge is 2.14. The molecule has 0 radical (unpaired) electrons. The molecule has 3 rings (SSSR count). The molecule has 1 saturated carbocycles. The van der Waals surface area contributed by atoms with Crippen LogP contribution in [0.3, 0.4) is 0 Å². The lowest BCUT2D eigenvalue weighted by molar-refractivity contribution is 0.209. The maximum Gasteiger partial charge on any atom is 0.120 e. The third-order valence-corrected chi connectivity index (χ3v) is 5.17. The third kappa shape index (κ3) is 4.08. The molecule has 23 heavy (non-hydrogen) atoms. The fourth-order valence-corrected chi connectivity index (χ4v) is 3.54. The number of aromatic nitrogens is 2. The number of halogens is 1. The lowest BCUT2D eigenvalue weighted by Gasteiger charge is -2.21. The minimum atomic E-state index is 0.707. The molecule has 0 atom stereocenters. The van der Waals surface area contributed by atoms with Crippen LogP contribution in [0, 0.1) is 19.8 Å². The molecule has 0 aliphatic heterocycles. The maximum absolute atomic E-state index is 6.46. The summed E-state index contributed by atoms with van der Waals surface area (Å²) in [5.41, 5.74) is 2.25. The van der Waals surface area contributed by atoms with Crippen molar-refractivity contribution in [1.29, 1.82) is 0 Å². The Labute approximate surface area is 143 Å². The van der Waals surface area contributed by atoms with Crippen LogP contribution < -0.4 is 4.74 Å². The highest BCUT2D eigenvalue weighted by molar-refractivity contribution is 6.31. The van der Waals surface area contributed by atoms with E-state index in [-0.39, 0.29) is 0 Å². The van der Waals surface area contributed by atoms with Crippen LogP contribution in [0.15, 0.2) is 24.4 Å². The van der Waals surface area contributed by atoms with Crippen molar-refractivity contribution in [2.45, 2.75) is 52.5 Å². The van der Waals surface area contributed by atoms with Crippen LogP contribution in [0.1, 0.15) is 49.2 Å². The third-order valence-electron chi connectivity index (χ3n) is 4.82. The van der Waals surface area contributed by atoms with Crippen molar-refractivity contribution in [2.24, 2.45) is 5.92 Å². The van der Waals surface area contributed by atoms with Crippen LogP contribution in [0.5, 0.6) is 5.75 Å². The van der Waals surface area contributed by atoms with E-state index in [0.717, 1.165) is 41.0 Å². The van der Waals surface area contributed by atoms with Crippen molar-refractivity contribution in [3.05, 3.63) is 46.5 Å². The SMILES string of the molecule is Cc1cnc(C)n1Cc1ccc(OCC2CCCCC2)cc1Cl. The van der Waals surface area contributed by atoms with Crippen molar-refractivity contribution in [2.75, 3.05) is 6.61 Å². The van der Waals surface area contributed by atoms with E-state index in [1.165, 1.54) is 32.1 Å². The molecular weight excluding hydrogens is 308 g/mol. The monoisotopic (exact) mass is 332 g/mol. The zero-order chi connectivity index (χ0) is 16.2. The molecule has 3 nitrogen and oxygen atoms in total. The number of imidazole rings is 1. The summed E-state index contributed by atoms with van der Waals surface area (Å²) in [5.74, 6) is 2.60. The maximum atomic E-state index is 6.46. The number of aryl methyl sites for hydroxylation is 2. The fraction of sp³-hybridized carbons (Fsp3) is 0.526. The fourth-order valence-electron chi connectivity index (χ4n) is 3.30. The van der Waals surface area contributed by atoms with Crippen molar-refractivity contribution >= 4 is 11.6 Å². The van der Waals surface area contributed by atoms with Gasteiger partial charge in [-0.3, -0.25) is 0 Å². The second-order valence-electron chi connectivity index (χ2n) is 6.60. The van der Waals surface area contributed by atoms with Crippen molar-refractivity contribution in [3.8, 4) is 5.75 Å². The first-order valence-electron chi connectivity index (χ1n) is 8.53. The van der Waals surface area contributed by atoms with Gasteiger partial charge in [0.2, 0.25) is 0 Å². The smallest absolute Gasteiger partial charge is 0.120 e. The Morgan fingerprint density at radius 2 is 2.00 bits per heavy atom. The molecule has 124 valence electrons. The summed E-state index contributed by atoms with van der Waals surface area (Å²) >= 11 is 6.46. The van der Waals surface area contributed by atoms with Crippen LogP contribution in [-0.4, -0.2) is 16.2 Å². The Morgan fingerprint density at radius 1 is 1.22 bits per heavy atom. The summed E-state index contributed by atoms with van der Waals surface area (Å²) in [5, 5.41) is 0.763. The molecular formula is C19H25ClN2O. The van der Waals surface area contributed by atoms with E-state index in [1.807, 2.05) is 25.3 Å². The molecule has 1 heterocycles. The van der Waals surface area contributed by atoms with Crippen molar-refractivity contribution < 1.29 is 4.74 Å². The molecule has 4 heteroatoms. The van der Waals surface area contributed by atoms with Crippen LogP contribution in [-0.2, 0) is 6.54 Å². The van der Waals surface area contributed by atoms with E-state index >= 15 is 0 Å². The summed E-state index contributed by atoms with van der Waals surface area (Å²) in [6.07, 6.45) is 8.56. The lowest BCUT2D eigenvalue weighted by Crippen LogP contribution is -2.15. The van der Waals surface area contributed by atoms with Gasteiger partial charge < -0.3 is 9.30 Å². The molecule has 1 aromatic carbocycles. The highest BCUT2D eigenvalue weighted by atomic mass is 35.5. The van der Waals surface area contributed by atoms with Crippen LogP contribution in [0.25, 0.3) is 0 Å². The van der Waals surface area contributed by atoms with Gasteiger partial charge in [0, 0.05) is 16.9 Å². The molecule has 1 aromatic heterocycles. The summed E-state index contributed by atoms with van der Waals surface area (Å²) < 4.78 is 8.13. The number of ether oxygens (including phenoxy) is 1. The Kier molecular flexibility index (Phi) is 5.27. The second-order valence-corrected chi connectivity index (χ2v) is 7.01. The van der Waals surface area contributed by atoms with Gasteiger partial charge in [-0.15, -0.1) is 0 Å². The summed E-state index contributed by atoms with van der Waals surface area (Å²) in [6.45, 7) is 5.65. The average molecular weight is 333 g/mol. The Balaban J connectivity index is 1.63. The Hall–Kier alpha value is -1.48. The van der Waals surface area contributed by atoms with E-state index in [9.17, 15) is 0 Å². The lowest BCUT2D eigenvalue weighted by atomic mass is 9.90. The summed E-state index contributed by atoms with van der Waals surface area (Å²) in [4.78, 5) is 4.34. The summed E-state index contributed by atoms with van der Waals surface area (Å²) in [6, 6.07) is 6.05. The van der Waals surface area contributed by atoms with E-state index in [1.54, 1.807) is 0 Å². The van der Waals surface area contributed by atoms with Crippen LogP contribution >= 0.6 is 11.6 Å². The topological polar surface area (TPSA) is 27.1 Å². The Bertz CT molecular complexity index is 640. The van der Waals surface area contributed by atoms with Crippen LogP contribution in [0.2, 0.25) is 5.02 Å². The quantitative estimate of drug-likeness (QED) is 0.756. The normalized spacial score (nSPS) is 15.8. The molecule has 0 N–H and O–H groups in total. The highest BCUT2D eigenvalue weighted by Crippen LogP contribution is 2.27. The summed E-state index contributed by atoms with van der Waals surface area (Å²) in [7, 11) is 0. The number of rotatable bonds is 5. The second kappa shape index (κ2) is 7.39. The Morgan fingerprint density at radius 3 is 2.65 bits per heavy atom. The zero-order valence-electron chi connectivity index (χ0n) is 14.0. The molecule has 0 saturated heterocycles.